The Hall–Kier alpha value is -1.67. The molecule has 0 aliphatic carbocycles. The van der Waals surface area contributed by atoms with E-state index in [-0.39, 0.29) is 11.9 Å². The lowest BCUT2D eigenvalue weighted by atomic mass is 10.0. The molecule has 0 amide bonds. The van der Waals surface area contributed by atoms with Gasteiger partial charge in [-0.25, -0.2) is 4.39 Å². The standard InChI is InChI=1S/C17H20FN/c1-12-6-4-5-7-16(12)14(3)19-11-15-8-9-17(18)13(2)10-15/h4-10,14,19H,11H2,1-3H3/t14-/m1/s1. The third kappa shape index (κ3) is 3.42. The van der Waals surface area contributed by atoms with Gasteiger partial charge in [0.2, 0.25) is 0 Å². The number of hydrogen-bond donors (Lipinski definition) is 1. The number of nitrogens with one attached hydrogen (secondary N) is 1. The van der Waals surface area contributed by atoms with Gasteiger partial charge in [0, 0.05) is 12.6 Å². The van der Waals surface area contributed by atoms with E-state index in [1.807, 2.05) is 12.1 Å². The zero-order chi connectivity index (χ0) is 13.8. The number of benzene rings is 2. The molecule has 0 aliphatic rings. The molecule has 0 saturated heterocycles. The van der Waals surface area contributed by atoms with E-state index in [1.165, 1.54) is 17.2 Å². The summed E-state index contributed by atoms with van der Waals surface area (Å²) in [5.41, 5.74) is 4.40. The molecule has 100 valence electrons. The molecule has 0 fully saturated rings. The Morgan fingerprint density at radius 2 is 1.79 bits per heavy atom. The second-order valence-corrected chi connectivity index (χ2v) is 5.04. The van der Waals surface area contributed by atoms with Gasteiger partial charge in [-0.2, -0.15) is 0 Å². The van der Waals surface area contributed by atoms with Crippen LogP contribution in [-0.4, -0.2) is 0 Å². The summed E-state index contributed by atoms with van der Waals surface area (Å²) in [7, 11) is 0. The molecular formula is C17H20FN. The van der Waals surface area contributed by atoms with E-state index < -0.39 is 0 Å². The van der Waals surface area contributed by atoms with Crippen LogP contribution in [-0.2, 0) is 6.54 Å². The van der Waals surface area contributed by atoms with E-state index in [0.29, 0.717) is 5.56 Å². The van der Waals surface area contributed by atoms with E-state index in [0.717, 1.165) is 12.1 Å². The minimum atomic E-state index is -0.143. The van der Waals surface area contributed by atoms with Crippen molar-refractivity contribution in [2.75, 3.05) is 0 Å². The summed E-state index contributed by atoms with van der Waals surface area (Å²) in [5.74, 6) is -0.143. The molecule has 0 heterocycles. The van der Waals surface area contributed by atoms with Gasteiger partial charge in [0.15, 0.2) is 0 Å². The summed E-state index contributed by atoms with van der Waals surface area (Å²) in [5, 5.41) is 3.48. The van der Waals surface area contributed by atoms with Gasteiger partial charge in [0.05, 0.1) is 0 Å². The Bertz CT molecular complexity index is 563. The van der Waals surface area contributed by atoms with Gasteiger partial charge in [0.1, 0.15) is 5.82 Å². The first-order valence-corrected chi connectivity index (χ1v) is 6.62. The smallest absolute Gasteiger partial charge is 0.126 e. The molecule has 1 atom stereocenters. The fraction of sp³-hybridized carbons (Fsp3) is 0.294. The summed E-state index contributed by atoms with van der Waals surface area (Å²) in [4.78, 5) is 0. The van der Waals surface area contributed by atoms with Crippen LogP contribution in [0.1, 0.15) is 35.2 Å². The van der Waals surface area contributed by atoms with E-state index in [2.05, 4.69) is 43.4 Å². The Balaban J connectivity index is 2.02. The molecule has 1 N–H and O–H groups in total. The van der Waals surface area contributed by atoms with Crippen LogP contribution in [0.4, 0.5) is 4.39 Å². The van der Waals surface area contributed by atoms with Gasteiger partial charge >= 0.3 is 0 Å². The van der Waals surface area contributed by atoms with Crippen molar-refractivity contribution in [3.8, 4) is 0 Å². The van der Waals surface area contributed by atoms with Gasteiger partial charge in [-0.3, -0.25) is 0 Å². The van der Waals surface area contributed by atoms with Crippen LogP contribution < -0.4 is 5.32 Å². The first kappa shape index (κ1) is 13.8. The van der Waals surface area contributed by atoms with Crippen LogP contribution in [0.15, 0.2) is 42.5 Å². The van der Waals surface area contributed by atoms with Crippen molar-refractivity contribution < 1.29 is 4.39 Å². The number of rotatable bonds is 4. The van der Waals surface area contributed by atoms with Crippen molar-refractivity contribution in [2.24, 2.45) is 0 Å². The predicted octanol–water partition coefficient (Wildman–Crippen LogP) is 4.29. The fourth-order valence-corrected chi connectivity index (χ4v) is 2.27. The maximum absolute atomic E-state index is 13.2. The second-order valence-electron chi connectivity index (χ2n) is 5.04. The summed E-state index contributed by atoms with van der Waals surface area (Å²) in [6.45, 7) is 6.81. The molecule has 2 heteroatoms. The zero-order valence-electron chi connectivity index (χ0n) is 11.7. The Morgan fingerprint density at radius 1 is 1.05 bits per heavy atom. The number of hydrogen-bond acceptors (Lipinski definition) is 1. The maximum Gasteiger partial charge on any atom is 0.126 e. The van der Waals surface area contributed by atoms with E-state index in [1.54, 1.807) is 6.92 Å². The average molecular weight is 257 g/mol. The van der Waals surface area contributed by atoms with Gasteiger partial charge < -0.3 is 5.32 Å². The highest BCUT2D eigenvalue weighted by Crippen LogP contribution is 2.17. The molecule has 2 rings (SSSR count). The lowest BCUT2D eigenvalue weighted by Crippen LogP contribution is -2.19. The number of aryl methyl sites for hydroxylation is 2. The van der Waals surface area contributed by atoms with Gasteiger partial charge in [-0.05, 0) is 49.1 Å². The van der Waals surface area contributed by atoms with Gasteiger partial charge in [-0.15, -0.1) is 0 Å². The van der Waals surface area contributed by atoms with Crippen molar-refractivity contribution in [3.05, 3.63) is 70.5 Å². The molecule has 2 aromatic rings. The van der Waals surface area contributed by atoms with Crippen LogP contribution in [0.3, 0.4) is 0 Å². The predicted molar refractivity (Wildman–Crippen MR) is 77.6 cm³/mol. The molecule has 0 aromatic heterocycles. The second kappa shape index (κ2) is 5.98. The van der Waals surface area contributed by atoms with Crippen LogP contribution in [0, 0.1) is 19.7 Å². The Kier molecular flexibility index (Phi) is 4.33. The molecular weight excluding hydrogens is 237 g/mol. The third-order valence-corrected chi connectivity index (χ3v) is 3.49. The quantitative estimate of drug-likeness (QED) is 0.861. The van der Waals surface area contributed by atoms with E-state index in [4.69, 9.17) is 0 Å². The normalized spacial score (nSPS) is 12.4. The van der Waals surface area contributed by atoms with Crippen molar-refractivity contribution in [1.29, 1.82) is 0 Å². The molecule has 0 bridgehead atoms. The van der Waals surface area contributed by atoms with Crippen LogP contribution in [0.25, 0.3) is 0 Å². The molecule has 0 spiro atoms. The average Bonchev–Trinajstić information content (AvgIpc) is 2.40. The van der Waals surface area contributed by atoms with Gasteiger partial charge in [-0.1, -0.05) is 36.4 Å². The van der Waals surface area contributed by atoms with Crippen LogP contribution in [0.2, 0.25) is 0 Å². The van der Waals surface area contributed by atoms with E-state index >= 15 is 0 Å². The Labute approximate surface area is 114 Å². The summed E-state index contributed by atoms with van der Waals surface area (Å²) in [6.07, 6.45) is 0. The lowest BCUT2D eigenvalue weighted by molar-refractivity contribution is 0.569. The van der Waals surface area contributed by atoms with Crippen LogP contribution >= 0.6 is 0 Å². The lowest BCUT2D eigenvalue weighted by Gasteiger charge is -2.16. The largest absolute Gasteiger partial charge is 0.306 e. The summed E-state index contributed by atoms with van der Waals surface area (Å²) >= 11 is 0. The molecule has 19 heavy (non-hydrogen) atoms. The molecule has 0 aliphatic heterocycles. The SMILES string of the molecule is Cc1cc(CN[C@H](C)c2ccccc2C)ccc1F. The van der Waals surface area contributed by atoms with E-state index in [9.17, 15) is 4.39 Å². The zero-order valence-corrected chi connectivity index (χ0v) is 11.7. The molecule has 0 saturated carbocycles. The summed E-state index contributed by atoms with van der Waals surface area (Å²) < 4.78 is 13.2. The molecule has 0 unspecified atom stereocenters. The first-order valence-electron chi connectivity index (χ1n) is 6.62. The monoisotopic (exact) mass is 257 g/mol. The minimum absolute atomic E-state index is 0.143. The first-order chi connectivity index (χ1) is 9.08. The highest BCUT2D eigenvalue weighted by atomic mass is 19.1. The third-order valence-electron chi connectivity index (χ3n) is 3.49. The van der Waals surface area contributed by atoms with Crippen molar-refractivity contribution in [2.45, 2.75) is 33.4 Å². The van der Waals surface area contributed by atoms with Crippen molar-refractivity contribution in [1.82, 2.24) is 5.32 Å². The molecule has 1 nitrogen and oxygen atoms in total. The molecule has 2 aromatic carbocycles. The Morgan fingerprint density at radius 3 is 2.47 bits per heavy atom. The number of halogens is 1. The fourth-order valence-electron chi connectivity index (χ4n) is 2.27. The summed E-state index contributed by atoms with van der Waals surface area (Å²) in [6, 6.07) is 13.9. The van der Waals surface area contributed by atoms with Gasteiger partial charge in [0.25, 0.3) is 0 Å². The minimum Gasteiger partial charge on any atom is -0.306 e. The van der Waals surface area contributed by atoms with Crippen molar-refractivity contribution >= 4 is 0 Å². The molecule has 0 radical (unpaired) electrons. The van der Waals surface area contributed by atoms with Crippen molar-refractivity contribution in [3.63, 3.8) is 0 Å². The topological polar surface area (TPSA) is 12.0 Å². The highest BCUT2D eigenvalue weighted by Gasteiger charge is 2.07. The van der Waals surface area contributed by atoms with Crippen LogP contribution in [0.5, 0.6) is 0 Å². The maximum atomic E-state index is 13.2. The highest BCUT2D eigenvalue weighted by molar-refractivity contribution is 5.29.